The van der Waals surface area contributed by atoms with Crippen molar-refractivity contribution in [3.8, 4) is 5.75 Å². The van der Waals surface area contributed by atoms with E-state index >= 15 is 0 Å². The summed E-state index contributed by atoms with van der Waals surface area (Å²) in [6, 6.07) is 8.14. The summed E-state index contributed by atoms with van der Waals surface area (Å²) in [5.74, 6) is 1.97. The highest BCUT2D eigenvalue weighted by atomic mass is 16.5. The molecule has 1 aromatic carbocycles. The monoisotopic (exact) mass is 342 g/mol. The Morgan fingerprint density at radius 3 is 2.56 bits per heavy atom. The third-order valence-corrected chi connectivity index (χ3v) is 5.87. The molecule has 1 aromatic rings. The number of hydrogen-bond acceptors (Lipinski definition) is 3. The van der Waals surface area contributed by atoms with Crippen LogP contribution in [0.5, 0.6) is 5.75 Å². The second-order valence-electron chi connectivity index (χ2n) is 7.56. The summed E-state index contributed by atoms with van der Waals surface area (Å²) in [7, 11) is 1.64. The Balaban J connectivity index is 1.42. The van der Waals surface area contributed by atoms with E-state index in [1.807, 2.05) is 29.2 Å². The first-order valence-corrected chi connectivity index (χ1v) is 9.37. The molecule has 0 aromatic heterocycles. The van der Waals surface area contributed by atoms with Crippen molar-refractivity contribution >= 4 is 11.8 Å². The van der Waals surface area contributed by atoms with Crippen molar-refractivity contribution in [1.82, 2.24) is 9.80 Å². The van der Waals surface area contributed by atoms with Crippen LogP contribution in [0, 0.1) is 5.92 Å². The number of piperidine rings is 1. The van der Waals surface area contributed by atoms with Gasteiger partial charge in [-0.2, -0.15) is 0 Å². The molecule has 3 fully saturated rings. The van der Waals surface area contributed by atoms with Crippen molar-refractivity contribution in [2.24, 2.45) is 5.92 Å². The first kappa shape index (κ1) is 16.4. The molecular formula is C20H26N2O3. The molecule has 134 valence electrons. The summed E-state index contributed by atoms with van der Waals surface area (Å²) in [6.45, 7) is 1.68. The van der Waals surface area contributed by atoms with Crippen LogP contribution in [0.1, 0.15) is 37.7 Å². The van der Waals surface area contributed by atoms with E-state index in [0.29, 0.717) is 18.8 Å². The van der Waals surface area contributed by atoms with E-state index in [-0.39, 0.29) is 23.9 Å². The van der Waals surface area contributed by atoms with E-state index in [1.54, 1.807) is 7.11 Å². The van der Waals surface area contributed by atoms with Gasteiger partial charge in [-0.3, -0.25) is 9.59 Å². The molecule has 3 aliphatic rings. The number of amides is 2. The Bertz CT molecular complexity index is 653. The van der Waals surface area contributed by atoms with E-state index in [1.165, 1.54) is 12.8 Å². The molecule has 0 radical (unpaired) electrons. The number of carbonyl (C=O) groups is 2. The van der Waals surface area contributed by atoms with Crippen molar-refractivity contribution in [1.29, 1.82) is 0 Å². The molecule has 2 saturated heterocycles. The molecule has 25 heavy (non-hydrogen) atoms. The zero-order valence-electron chi connectivity index (χ0n) is 14.8. The molecular weight excluding hydrogens is 316 g/mol. The SMILES string of the molecule is COc1ccc(CC(=O)N2CC[C@@H]3[C@H]2CCC(=O)N3CC2CC2)cc1. The molecule has 2 heterocycles. The Hall–Kier alpha value is -2.04. The molecule has 4 rings (SSSR count). The third kappa shape index (κ3) is 3.37. The average Bonchev–Trinajstić information content (AvgIpc) is 3.34. The lowest BCUT2D eigenvalue weighted by molar-refractivity contribution is -0.141. The van der Waals surface area contributed by atoms with Gasteiger partial charge in [-0.1, -0.05) is 12.1 Å². The van der Waals surface area contributed by atoms with Crippen LogP contribution in [0.3, 0.4) is 0 Å². The van der Waals surface area contributed by atoms with Crippen molar-refractivity contribution < 1.29 is 14.3 Å². The Morgan fingerprint density at radius 1 is 1.12 bits per heavy atom. The van der Waals surface area contributed by atoms with E-state index in [2.05, 4.69) is 4.90 Å². The highest BCUT2D eigenvalue weighted by Crippen LogP contribution is 2.36. The molecule has 0 unspecified atom stereocenters. The van der Waals surface area contributed by atoms with E-state index in [9.17, 15) is 9.59 Å². The number of carbonyl (C=O) groups excluding carboxylic acids is 2. The van der Waals surface area contributed by atoms with Crippen molar-refractivity contribution in [3.63, 3.8) is 0 Å². The maximum absolute atomic E-state index is 12.8. The van der Waals surface area contributed by atoms with Gasteiger partial charge in [0.1, 0.15) is 5.75 Å². The molecule has 0 spiro atoms. The predicted octanol–water partition coefficient (Wildman–Crippen LogP) is 2.24. The van der Waals surface area contributed by atoms with Gasteiger partial charge in [-0.25, -0.2) is 0 Å². The maximum Gasteiger partial charge on any atom is 0.227 e. The normalized spacial score (nSPS) is 25.9. The van der Waals surface area contributed by atoms with Crippen molar-refractivity contribution in [2.45, 2.75) is 50.6 Å². The standard InChI is InChI=1S/C20H26N2O3/c1-25-16-6-4-14(5-7-16)12-20(24)21-11-10-18-17(21)8-9-19(23)22(18)13-15-2-3-15/h4-7,15,17-18H,2-3,8-13H2,1H3/t17-,18-/m1/s1. The summed E-state index contributed by atoms with van der Waals surface area (Å²) >= 11 is 0. The van der Waals surface area contributed by atoms with E-state index in [0.717, 1.165) is 37.2 Å². The van der Waals surface area contributed by atoms with Crippen molar-refractivity contribution in [3.05, 3.63) is 29.8 Å². The topological polar surface area (TPSA) is 49.9 Å². The van der Waals surface area contributed by atoms with E-state index < -0.39 is 0 Å². The minimum Gasteiger partial charge on any atom is -0.497 e. The highest BCUT2D eigenvalue weighted by molar-refractivity contribution is 5.81. The number of benzene rings is 1. The lowest BCUT2D eigenvalue weighted by Gasteiger charge is -2.40. The largest absolute Gasteiger partial charge is 0.497 e. The zero-order valence-corrected chi connectivity index (χ0v) is 14.8. The maximum atomic E-state index is 12.8. The molecule has 1 aliphatic carbocycles. The molecule has 0 bridgehead atoms. The number of nitrogens with zero attached hydrogens (tertiary/aromatic N) is 2. The van der Waals surface area contributed by atoms with Crippen LogP contribution >= 0.6 is 0 Å². The number of hydrogen-bond donors (Lipinski definition) is 0. The van der Waals surface area contributed by atoms with Crippen LogP contribution in [-0.2, 0) is 16.0 Å². The molecule has 5 heteroatoms. The fourth-order valence-electron chi connectivity index (χ4n) is 4.29. The van der Waals surface area contributed by atoms with Gasteiger partial charge >= 0.3 is 0 Å². The number of ether oxygens (including phenoxy) is 1. The minimum absolute atomic E-state index is 0.179. The zero-order chi connectivity index (χ0) is 17.4. The summed E-state index contributed by atoms with van der Waals surface area (Å²) in [5, 5.41) is 0. The summed E-state index contributed by atoms with van der Waals surface area (Å²) in [5.41, 5.74) is 1.01. The molecule has 2 atom stereocenters. The summed E-state index contributed by atoms with van der Waals surface area (Å²) in [6.07, 6.45) is 5.25. The van der Waals surface area contributed by atoms with Gasteiger partial charge in [-0.15, -0.1) is 0 Å². The molecule has 0 N–H and O–H groups in total. The third-order valence-electron chi connectivity index (χ3n) is 5.87. The molecule has 2 amide bonds. The first-order chi connectivity index (χ1) is 12.2. The van der Waals surface area contributed by atoms with Gasteiger partial charge in [-0.05, 0) is 49.3 Å². The van der Waals surface area contributed by atoms with Crippen molar-refractivity contribution in [2.75, 3.05) is 20.2 Å². The number of fused-ring (bicyclic) bond motifs is 1. The second-order valence-corrected chi connectivity index (χ2v) is 7.56. The van der Waals surface area contributed by atoms with Gasteiger partial charge < -0.3 is 14.5 Å². The smallest absolute Gasteiger partial charge is 0.227 e. The van der Waals surface area contributed by atoms with Gasteiger partial charge in [0.05, 0.1) is 25.6 Å². The number of likely N-dealkylation sites (tertiary alicyclic amines) is 2. The van der Waals surface area contributed by atoms with Crippen LogP contribution in [0.2, 0.25) is 0 Å². The average molecular weight is 342 g/mol. The Labute approximate surface area is 148 Å². The van der Waals surface area contributed by atoms with Crippen LogP contribution in [0.25, 0.3) is 0 Å². The first-order valence-electron chi connectivity index (χ1n) is 9.37. The quantitative estimate of drug-likeness (QED) is 0.825. The lowest BCUT2D eigenvalue weighted by Crippen LogP contribution is -2.53. The molecule has 5 nitrogen and oxygen atoms in total. The van der Waals surface area contributed by atoms with Gasteiger partial charge in [0.15, 0.2) is 0 Å². The lowest BCUT2D eigenvalue weighted by atomic mass is 9.95. The predicted molar refractivity (Wildman–Crippen MR) is 94.3 cm³/mol. The Kier molecular flexibility index (Phi) is 4.40. The Morgan fingerprint density at radius 2 is 1.88 bits per heavy atom. The fraction of sp³-hybridized carbons (Fsp3) is 0.600. The minimum atomic E-state index is 0.179. The van der Waals surface area contributed by atoms with E-state index in [4.69, 9.17) is 4.74 Å². The number of rotatable bonds is 5. The summed E-state index contributed by atoms with van der Waals surface area (Å²) in [4.78, 5) is 29.3. The number of methoxy groups -OCH3 is 1. The fourth-order valence-corrected chi connectivity index (χ4v) is 4.29. The van der Waals surface area contributed by atoms with Crippen LogP contribution in [-0.4, -0.2) is 53.9 Å². The second kappa shape index (κ2) is 6.70. The summed E-state index contributed by atoms with van der Waals surface area (Å²) < 4.78 is 5.17. The van der Waals surface area contributed by atoms with Gasteiger partial charge in [0.25, 0.3) is 0 Å². The van der Waals surface area contributed by atoms with Crippen LogP contribution in [0.4, 0.5) is 0 Å². The highest BCUT2D eigenvalue weighted by Gasteiger charge is 2.45. The van der Waals surface area contributed by atoms with Gasteiger partial charge in [0.2, 0.25) is 11.8 Å². The van der Waals surface area contributed by atoms with Crippen LogP contribution in [0.15, 0.2) is 24.3 Å². The van der Waals surface area contributed by atoms with Crippen LogP contribution < -0.4 is 4.74 Å². The molecule has 2 aliphatic heterocycles. The molecule has 1 saturated carbocycles. The van der Waals surface area contributed by atoms with Gasteiger partial charge in [0, 0.05) is 19.5 Å².